The molecule has 0 saturated heterocycles. The van der Waals surface area contributed by atoms with Crippen molar-refractivity contribution in [3.05, 3.63) is 0 Å². The SMILES string of the molecule is CCCCC(CC)COC(C)(C)C(C)ON(C)CC. The maximum Gasteiger partial charge on any atom is 0.105 e. The van der Waals surface area contributed by atoms with Gasteiger partial charge in [-0.15, -0.1) is 0 Å². The number of hydrogen-bond donors (Lipinski definition) is 0. The summed E-state index contributed by atoms with van der Waals surface area (Å²) in [6, 6.07) is 0. The molecule has 19 heavy (non-hydrogen) atoms. The lowest BCUT2D eigenvalue weighted by Crippen LogP contribution is -2.43. The van der Waals surface area contributed by atoms with Crippen molar-refractivity contribution >= 4 is 0 Å². The van der Waals surface area contributed by atoms with Gasteiger partial charge in [-0.1, -0.05) is 40.0 Å². The molecule has 0 amide bonds. The average Bonchev–Trinajstić information content (AvgIpc) is 2.38. The largest absolute Gasteiger partial charge is 0.373 e. The number of hydrogen-bond acceptors (Lipinski definition) is 3. The van der Waals surface area contributed by atoms with Gasteiger partial charge in [-0.3, -0.25) is 4.84 Å². The molecule has 0 bridgehead atoms. The van der Waals surface area contributed by atoms with Crippen molar-refractivity contribution in [3.63, 3.8) is 0 Å². The van der Waals surface area contributed by atoms with Crippen LogP contribution < -0.4 is 0 Å². The van der Waals surface area contributed by atoms with Crippen molar-refractivity contribution in [3.8, 4) is 0 Å². The van der Waals surface area contributed by atoms with E-state index in [1.54, 1.807) is 0 Å². The molecule has 0 radical (unpaired) electrons. The van der Waals surface area contributed by atoms with Gasteiger partial charge in [0.1, 0.15) is 6.10 Å². The van der Waals surface area contributed by atoms with E-state index in [0.29, 0.717) is 5.92 Å². The van der Waals surface area contributed by atoms with Gasteiger partial charge in [-0.25, -0.2) is 0 Å². The lowest BCUT2D eigenvalue weighted by molar-refractivity contribution is -0.233. The van der Waals surface area contributed by atoms with Crippen molar-refractivity contribution in [1.82, 2.24) is 5.06 Å². The first kappa shape index (κ1) is 18.9. The molecule has 3 heteroatoms. The Morgan fingerprint density at radius 1 is 1.16 bits per heavy atom. The highest BCUT2D eigenvalue weighted by Crippen LogP contribution is 2.22. The van der Waals surface area contributed by atoms with E-state index in [0.717, 1.165) is 13.2 Å². The summed E-state index contributed by atoms with van der Waals surface area (Å²) in [7, 11) is 1.96. The molecule has 2 unspecified atom stereocenters. The zero-order valence-corrected chi connectivity index (χ0v) is 14.2. The Morgan fingerprint density at radius 2 is 1.79 bits per heavy atom. The Balaban J connectivity index is 4.18. The molecule has 3 nitrogen and oxygen atoms in total. The Labute approximate surface area is 120 Å². The first-order valence-electron chi connectivity index (χ1n) is 7.89. The predicted molar refractivity (Wildman–Crippen MR) is 82.2 cm³/mol. The third kappa shape index (κ3) is 7.91. The second-order valence-electron chi connectivity index (χ2n) is 6.02. The summed E-state index contributed by atoms with van der Waals surface area (Å²) in [4.78, 5) is 5.82. The molecule has 0 aromatic heterocycles. The summed E-state index contributed by atoms with van der Waals surface area (Å²) in [5.41, 5.74) is -0.247. The fraction of sp³-hybridized carbons (Fsp3) is 1.00. The van der Waals surface area contributed by atoms with E-state index in [1.165, 1.54) is 25.7 Å². The highest BCUT2D eigenvalue weighted by Gasteiger charge is 2.29. The third-order valence-corrected chi connectivity index (χ3v) is 4.00. The van der Waals surface area contributed by atoms with Crippen LogP contribution in [0.3, 0.4) is 0 Å². The van der Waals surface area contributed by atoms with Gasteiger partial charge < -0.3 is 4.74 Å². The molecule has 2 atom stereocenters. The molecule has 0 aliphatic heterocycles. The maximum atomic E-state index is 6.14. The molecule has 0 aliphatic rings. The van der Waals surface area contributed by atoms with Gasteiger partial charge in [-0.05, 0) is 33.1 Å². The van der Waals surface area contributed by atoms with Gasteiger partial charge in [0, 0.05) is 13.6 Å². The Kier molecular flexibility index (Phi) is 9.67. The number of rotatable bonds is 11. The molecule has 0 aliphatic carbocycles. The molecule has 0 spiro atoms. The van der Waals surface area contributed by atoms with Crippen LogP contribution in [0.2, 0.25) is 0 Å². The predicted octanol–water partition coefficient (Wildman–Crippen LogP) is 4.27. The summed E-state index contributed by atoms with van der Waals surface area (Å²) in [5.74, 6) is 0.676. The molecule has 0 rings (SSSR count). The van der Waals surface area contributed by atoms with Crippen molar-refractivity contribution in [1.29, 1.82) is 0 Å². The number of ether oxygens (including phenoxy) is 1. The van der Waals surface area contributed by atoms with Crippen LogP contribution in [0.4, 0.5) is 0 Å². The third-order valence-electron chi connectivity index (χ3n) is 4.00. The van der Waals surface area contributed by atoms with Crippen LogP contribution in [0.1, 0.15) is 67.2 Å². The van der Waals surface area contributed by atoms with Gasteiger partial charge >= 0.3 is 0 Å². The van der Waals surface area contributed by atoms with E-state index in [2.05, 4.69) is 41.5 Å². The molecular weight excluding hydrogens is 238 g/mol. The number of hydroxylamine groups is 2. The quantitative estimate of drug-likeness (QED) is 0.525. The van der Waals surface area contributed by atoms with Crippen LogP contribution in [-0.4, -0.2) is 37.0 Å². The fourth-order valence-electron chi connectivity index (χ4n) is 1.82. The van der Waals surface area contributed by atoms with E-state index in [-0.39, 0.29) is 11.7 Å². The smallest absolute Gasteiger partial charge is 0.105 e. The van der Waals surface area contributed by atoms with Crippen LogP contribution in [0.15, 0.2) is 0 Å². The molecule has 0 fully saturated rings. The molecule has 0 N–H and O–H groups in total. The normalized spacial score (nSPS) is 15.8. The zero-order valence-electron chi connectivity index (χ0n) is 14.2. The van der Waals surface area contributed by atoms with Crippen molar-refractivity contribution in [2.45, 2.75) is 78.9 Å². The Morgan fingerprint density at radius 3 is 2.26 bits per heavy atom. The van der Waals surface area contributed by atoms with Crippen LogP contribution in [0.5, 0.6) is 0 Å². The summed E-state index contributed by atoms with van der Waals surface area (Å²) in [6.45, 7) is 14.6. The Bertz CT molecular complexity index is 219. The fourth-order valence-corrected chi connectivity index (χ4v) is 1.82. The van der Waals surface area contributed by atoms with Crippen molar-refractivity contribution in [2.75, 3.05) is 20.2 Å². The molecule has 0 aromatic carbocycles. The van der Waals surface area contributed by atoms with Gasteiger partial charge in [-0.2, -0.15) is 5.06 Å². The van der Waals surface area contributed by atoms with Gasteiger partial charge in [0.15, 0.2) is 0 Å². The monoisotopic (exact) mass is 273 g/mol. The van der Waals surface area contributed by atoms with E-state index < -0.39 is 0 Å². The first-order chi connectivity index (χ1) is 8.87. The highest BCUT2D eigenvalue weighted by molar-refractivity contribution is 4.77. The minimum absolute atomic E-state index is 0.0566. The highest BCUT2D eigenvalue weighted by atomic mass is 16.7. The molecule has 0 saturated carbocycles. The second-order valence-corrected chi connectivity index (χ2v) is 6.02. The standard InChI is InChI=1S/C16H35NO2/c1-8-11-12-15(9-2)13-18-16(5,6)14(4)19-17(7)10-3/h14-15H,8-13H2,1-7H3. The Hall–Kier alpha value is -0.120. The van der Waals surface area contributed by atoms with E-state index in [1.807, 2.05) is 12.1 Å². The molecule has 0 heterocycles. The van der Waals surface area contributed by atoms with E-state index in [9.17, 15) is 0 Å². The molecular formula is C16H35NO2. The van der Waals surface area contributed by atoms with Crippen molar-refractivity contribution in [2.24, 2.45) is 5.92 Å². The molecule has 0 aromatic rings. The van der Waals surface area contributed by atoms with Crippen LogP contribution in [-0.2, 0) is 9.57 Å². The topological polar surface area (TPSA) is 21.7 Å². The van der Waals surface area contributed by atoms with Crippen LogP contribution in [0.25, 0.3) is 0 Å². The lowest BCUT2D eigenvalue weighted by atomic mass is 9.99. The van der Waals surface area contributed by atoms with E-state index in [4.69, 9.17) is 9.57 Å². The summed E-state index contributed by atoms with van der Waals surface area (Å²) < 4.78 is 6.14. The summed E-state index contributed by atoms with van der Waals surface area (Å²) in [5, 5.41) is 1.87. The summed E-state index contributed by atoms with van der Waals surface area (Å²) >= 11 is 0. The van der Waals surface area contributed by atoms with Crippen LogP contribution in [0, 0.1) is 5.92 Å². The number of unbranched alkanes of at least 4 members (excludes halogenated alkanes) is 1. The van der Waals surface area contributed by atoms with Gasteiger partial charge in [0.05, 0.1) is 12.2 Å². The summed E-state index contributed by atoms with van der Waals surface area (Å²) in [6.07, 6.45) is 5.09. The molecule has 116 valence electrons. The number of nitrogens with zero attached hydrogens (tertiary/aromatic N) is 1. The van der Waals surface area contributed by atoms with Gasteiger partial charge in [0.2, 0.25) is 0 Å². The first-order valence-corrected chi connectivity index (χ1v) is 7.89. The van der Waals surface area contributed by atoms with Crippen LogP contribution >= 0.6 is 0 Å². The van der Waals surface area contributed by atoms with Crippen molar-refractivity contribution < 1.29 is 9.57 Å². The maximum absolute atomic E-state index is 6.14. The van der Waals surface area contributed by atoms with Gasteiger partial charge in [0.25, 0.3) is 0 Å². The zero-order chi connectivity index (χ0) is 14.9. The average molecular weight is 273 g/mol. The van der Waals surface area contributed by atoms with E-state index >= 15 is 0 Å². The second kappa shape index (κ2) is 9.73. The minimum atomic E-state index is -0.247. The minimum Gasteiger partial charge on any atom is -0.373 e. The lowest BCUT2D eigenvalue weighted by Gasteiger charge is -2.35.